The van der Waals surface area contributed by atoms with Gasteiger partial charge in [0.1, 0.15) is 0 Å². The highest BCUT2D eigenvalue weighted by Gasteiger charge is 2.39. The van der Waals surface area contributed by atoms with Crippen LogP contribution in [-0.2, 0) is 16.8 Å². The van der Waals surface area contributed by atoms with Gasteiger partial charge in [0.05, 0.1) is 5.54 Å². The van der Waals surface area contributed by atoms with E-state index >= 15 is 0 Å². The lowest BCUT2D eigenvalue weighted by molar-refractivity contribution is -0.119. The van der Waals surface area contributed by atoms with Crippen molar-refractivity contribution >= 4 is 34.8 Å². The molecule has 2 saturated carbocycles. The molecule has 0 unspecified atom stereocenters. The maximum absolute atomic E-state index is 12.6. The Balaban J connectivity index is 0.00000225. The van der Waals surface area contributed by atoms with E-state index < -0.39 is 5.54 Å². The van der Waals surface area contributed by atoms with Crippen LogP contribution in [0.2, 0.25) is 0 Å². The van der Waals surface area contributed by atoms with E-state index in [0.29, 0.717) is 29.7 Å². The van der Waals surface area contributed by atoms with Gasteiger partial charge in [0.15, 0.2) is 11.0 Å². The van der Waals surface area contributed by atoms with Gasteiger partial charge in [-0.2, -0.15) is 4.98 Å². The molecule has 2 fully saturated rings. The summed E-state index contributed by atoms with van der Waals surface area (Å²) in [7, 11) is 0. The fraction of sp³-hybridized carbons (Fsp3) is 0.684. The Labute approximate surface area is 175 Å². The number of anilines is 1. The molecule has 2 aromatic heterocycles. The summed E-state index contributed by atoms with van der Waals surface area (Å²) < 4.78 is 5.57. The monoisotopic (exact) mass is 425 g/mol. The summed E-state index contributed by atoms with van der Waals surface area (Å²) in [5.74, 6) is 1.26. The molecule has 1 amide bonds. The van der Waals surface area contributed by atoms with Crippen LogP contribution in [0.3, 0.4) is 0 Å². The van der Waals surface area contributed by atoms with Crippen LogP contribution < -0.4 is 11.1 Å². The average Bonchev–Trinajstić information content (AvgIpc) is 3.38. The summed E-state index contributed by atoms with van der Waals surface area (Å²) in [6.07, 6.45) is 12.3. The molecule has 0 spiro atoms. The predicted octanol–water partition coefficient (Wildman–Crippen LogP) is 4.20. The number of nitrogens with zero attached hydrogens (tertiary/aromatic N) is 3. The van der Waals surface area contributed by atoms with Crippen molar-refractivity contribution in [1.29, 1.82) is 0 Å². The fourth-order valence-corrected chi connectivity index (χ4v) is 5.13. The van der Waals surface area contributed by atoms with Gasteiger partial charge in [0.2, 0.25) is 11.8 Å². The molecule has 7 nitrogen and oxygen atoms in total. The van der Waals surface area contributed by atoms with Crippen LogP contribution in [0, 0.1) is 5.41 Å². The molecule has 0 aromatic carbocycles. The molecule has 4 rings (SSSR count). The number of hydrogen-bond acceptors (Lipinski definition) is 7. The Morgan fingerprint density at radius 2 is 1.89 bits per heavy atom. The summed E-state index contributed by atoms with van der Waals surface area (Å²) in [5, 5.41) is 9.61. The quantitative estimate of drug-likeness (QED) is 0.718. The number of carbonyl (C=O) groups is 1. The van der Waals surface area contributed by atoms with Crippen LogP contribution in [0.15, 0.2) is 16.1 Å². The van der Waals surface area contributed by atoms with Crippen molar-refractivity contribution in [2.45, 2.75) is 76.2 Å². The molecule has 2 aliphatic rings. The molecule has 0 atom stereocenters. The zero-order valence-corrected chi connectivity index (χ0v) is 17.6. The van der Waals surface area contributed by atoms with Crippen LogP contribution in [0.1, 0.15) is 75.9 Å². The maximum Gasteiger partial charge on any atom is 0.227 e. The van der Waals surface area contributed by atoms with Crippen molar-refractivity contribution in [2.75, 3.05) is 5.32 Å². The second-order valence-corrected chi connectivity index (χ2v) is 9.07. The summed E-state index contributed by atoms with van der Waals surface area (Å²) in [6, 6.07) is 0. The van der Waals surface area contributed by atoms with Gasteiger partial charge in [-0.3, -0.25) is 4.79 Å². The number of halogens is 1. The Bertz CT molecular complexity index is 767. The van der Waals surface area contributed by atoms with Crippen LogP contribution in [-0.4, -0.2) is 21.0 Å². The first-order valence-electron chi connectivity index (χ1n) is 9.88. The van der Waals surface area contributed by atoms with Crippen molar-refractivity contribution in [3.05, 3.63) is 23.3 Å². The molecular weight excluding hydrogens is 398 g/mol. The first kappa shape index (κ1) is 21.2. The highest BCUT2D eigenvalue weighted by atomic mass is 35.5. The lowest BCUT2D eigenvalue weighted by atomic mass is 9.69. The normalized spacial score (nSPS) is 20.5. The first-order chi connectivity index (χ1) is 13.1. The molecule has 9 heteroatoms. The third kappa shape index (κ3) is 4.72. The van der Waals surface area contributed by atoms with E-state index in [4.69, 9.17) is 10.3 Å². The molecule has 0 aliphatic heterocycles. The third-order valence-corrected chi connectivity index (χ3v) is 6.75. The molecule has 0 radical (unpaired) electrons. The Morgan fingerprint density at radius 3 is 2.57 bits per heavy atom. The molecule has 28 heavy (non-hydrogen) atoms. The van der Waals surface area contributed by atoms with Gasteiger partial charge in [-0.25, -0.2) is 4.98 Å². The molecule has 3 N–H and O–H groups in total. The lowest BCUT2D eigenvalue weighted by Crippen LogP contribution is -2.34. The second kappa shape index (κ2) is 8.88. The van der Waals surface area contributed by atoms with E-state index in [9.17, 15) is 4.79 Å². The van der Waals surface area contributed by atoms with E-state index in [1.54, 1.807) is 6.20 Å². The van der Waals surface area contributed by atoms with Gasteiger partial charge < -0.3 is 15.6 Å². The molecule has 154 valence electrons. The predicted molar refractivity (Wildman–Crippen MR) is 110 cm³/mol. The lowest BCUT2D eigenvalue weighted by Gasteiger charge is -2.35. The van der Waals surface area contributed by atoms with Crippen molar-refractivity contribution in [3.8, 4) is 0 Å². The molecule has 0 saturated heterocycles. The minimum Gasteiger partial charge on any atom is -0.339 e. The zero-order valence-electron chi connectivity index (χ0n) is 16.0. The van der Waals surface area contributed by atoms with E-state index in [1.165, 1.54) is 17.8 Å². The zero-order chi connectivity index (χ0) is 18.7. The van der Waals surface area contributed by atoms with Crippen LogP contribution in [0.5, 0.6) is 0 Å². The van der Waals surface area contributed by atoms with Gasteiger partial charge in [-0.05, 0) is 31.1 Å². The Kier molecular flexibility index (Phi) is 6.73. The van der Waals surface area contributed by atoms with Gasteiger partial charge in [-0.1, -0.05) is 37.3 Å². The number of nitrogens with two attached hydrogens (primary N) is 1. The largest absolute Gasteiger partial charge is 0.339 e. The van der Waals surface area contributed by atoms with Crippen molar-refractivity contribution in [3.63, 3.8) is 0 Å². The van der Waals surface area contributed by atoms with Gasteiger partial charge >= 0.3 is 0 Å². The van der Waals surface area contributed by atoms with Crippen molar-refractivity contribution < 1.29 is 9.32 Å². The Morgan fingerprint density at radius 1 is 1.18 bits per heavy atom. The van der Waals surface area contributed by atoms with Gasteiger partial charge in [0, 0.05) is 24.4 Å². The highest BCUT2D eigenvalue weighted by Crippen LogP contribution is 2.43. The number of rotatable bonds is 6. The molecule has 2 heterocycles. The maximum atomic E-state index is 12.6. The average molecular weight is 426 g/mol. The number of carbonyl (C=O) groups excluding carboxylic acids is 1. The number of aromatic nitrogens is 3. The number of hydrogen-bond donors (Lipinski definition) is 2. The molecule has 2 aromatic rings. The summed E-state index contributed by atoms with van der Waals surface area (Å²) in [5.41, 5.74) is 5.90. The second-order valence-electron chi connectivity index (χ2n) is 8.17. The number of thiazole rings is 1. The van der Waals surface area contributed by atoms with Gasteiger partial charge in [0.25, 0.3) is 0 Å². The van der Waals surface area contributed by atoms with Crippen molar-refractivity contribution in [1.82, 2.24) is 15.1 Å². The fourth-order valence-electron chi connectivity index (χ4n) is 4.59. The summed E-state index contributed by atoms with van der Waals surface area (Å²) >= 11 is 1.44. The van der Waals surface area contributed by atoms with E-state index in [-0.39, 0.29) is 23.7 Å². The highest BCUT2D eigenvalue weighted by molar-refractivity contribution is 7.13. The SMILES string of the molecule is Cl.NC1(c2noc(CC3(CC(=O)Nc4nccs4)CCCCC3)n2)CCCC1. The smallest absolute Gasteiger partial charge is 0.227 e. The molecule has 0 bridgehead atoms. The minimum absolute atomic E-state index is 0. The summed E-state index contributed by atoms with van der Waals surface area (Å²) in [6.45, 7) is 0. The summed E-state index contributed by atoms with van der Waals surface area (Å²) in [4.78, 5) is 21.4. The molecular formula is C19H28ClN5O2S. The number of nitrogens with one attached hydrogen (secondary N) is 1. The topological polar surface area (TPSA) is 107 Å². The molecule has 2 aliphatic carbocycles. The Hall–Kier alpha value is -1.51. The third-order valence-electron chi connectivity index (χ3n) is 6.06. The minimum atomic E-state index is -0.441. The van der Waals surface area contributed by atoms with Crippen LogP contribution in [0.4, 0.5) is 5.13 Å². The van der Waals surface area contributed by atoms with E-state index in [1.807, 2.05) is 5.38 Å². The van der Waals surface area contributed by atoms with E-state index in [0.717, 1.165) is 51.4 Å². The number of amides is 1. The standard InChI is InChI=1S/C19H27N5O2S.ClH/c20-19(8-4-5-9-19)16-23-15(26-24-16)13-18(6-2-1-3-7-18)12-14(25)22-17-21-10-11-27-17;/h10-11H,1-9,12-13,20H2,(H,21,22,25);1H. The van der Waals surface area contributed by atoms with Crippen molar-refractivity contribution in [2.24, 2.45) is 11.1 Å². The first-order valence-corrected chi connectivity index (χ1v) is 10.8. The van der Waals surface area contributed by atoms with Crippen LogP contribution in [0.25, 0.3) is 0 Å². The van der Waals surface area contributed by atoms with Crippen LogP contribution >= 0.6 is 23.7 Å². The van der Waals surface area contributed by atoms with Gasteiger partial charge in [-0.15, -0.1) is 23.7 Å². The van der Waals surface area contributed by atoms with E-state index in [2.05, 4.69) is 20.4 Å².